The van der Waals surface area contributed by atoms with Crippen molar-refractivity contribution in [3.05, 3.63) is 52.6 Å². The quantitative estimate of drug-likeness (QED) is 0.760. The Labute approximate surface area is 159 Å². The Bertz CT molecular complexity index is 910. The summed E-state index contributed by atoms with van der Waals surface area (Å²) >= 11 is 1.53. The molecule has 0 unspecified atom stereocenters. The van der Waals surface area contributed by atoms with Gasteiger partial charge in [0.2, 0.25) is 15.9 Å². The highest BCUT2D eigenvalue weighted by atomic mass is 32.2. The number of benzene rings is 2. The van der Waals surface area contributed by atoms with E-state index in [0.29, 0.717) is 5.69 Å². The first-order valence-electron chi connectivity index (χ1n) is 8.18. The third-order valence-corrected chi connectivity index (χ3v) is 6.76. The molecule has 0 saturated heterocycles. The number of hydrogen-bond donors (Lipinski definition) is 2. The zero-order chi connectivity index (χ0) is 19.6. The molecule has 0 spiro atoms. The maximum Gasteiger partial charge on any atom is 0.238 e. The van der Waals surface area contributed by atoms with Crippen LogP contribution in [0.1, 0.15) is 29.2 Å². The number of aryl methyl sites for hydroxylation is 2. The van der Waals surface area contributed by atoms with Crippen molar-refractivity contribution < 1.29 is 13.2 Å². The number of sulfonamides is 1. The van der Waals surface area contributed by atoms with Gasteiger partial charge in [-0.05, 0) is 81.1 Å². The van der Waals surface area contributed by atoms with Crippen LogP contribution < -0.4 is 10.5 Å². The number of primary sulfonamides is 1. The minimum atomic E-state index is -3.74. The summed E-state index contributed by atoms with van der Waals surface area (Å²) in [5.74, 6) is -0.142. The molecule has 3 N–H and O–H groups in total. The fourth-order valence-corrected chi connectivity index (χ4v) is 4.27. The van der Waals surface area contributed by atoms with E-state index in [4.69, 9.17) is 5.14 Å². The molecule has 2 aromatic carbocycles. The van der Waals surface area contributed by atoms with E-state index in [9.17, 15) is 13.2 Å². The molecule has 0 aromatic heterocycles. The van der Waals surface area contributed by atoms with Gasteiger partial charge in [0.1, 0.15) is 0 Å². The van der Waals surface area contributed by atoms with E-state index >= 15 is 0 Å². The molecule has 0 fully saturated rings. The highest BCUT2D eigenvalue weighted by Crippen LogP contribution is 2.34. The van der Waals surface area contributed by atoms with Gasteiger partial charge in [0.25, 0.3) is 0 Å². The Morgan fingerprint density at radius 2 is 1.54 bits per heavy atom. The summed E-state index contributed by atoms with van der Waals surface area (Å²) in [7, 11) is -3.74. The number of hydrogen-bond acceptors (Lipinski definition) is 4. The van der Waals surface area contributed by atoms with Gasteiger partial charge < -0.3 is 5.32 Å². The van der Waals surface area contributed by atoms with E-state index in [0.717, 1.165) is 4.90 Å². The number of amides is 1. The fourth-order valence-electron chi connectivity index (χ4n) is 2.56. The lowest BCUT2D eigenvalue weighted by Crippen LogP contribution is -2.22. The Morgan fingerprint density at radius 1 is 1.04 bits per heavy atom. The number of carbonyl (C=O) groups is 1. The van der Waals surface area contributed by atoms with Crippen LogP contribution in [0.25, 0.3) is 0 Å². The molecule has 1 amide bonds. The van der Waals surface area contributed by atoms with Crippen molar-refractivity contribution in [2.24, 2.45) is 5.14 Å². The lowest BCUT2D eigenvalue weighted by Gasteiger charge is -2.18. The first-order valence-corrected chi connectivity index (χ1v) is 10.6. The molecule has 0 aliphatic heterocycles. The zero-order valence-electron chi connectivity index (χ0n) is 15.6. The molecule has 26 heavy (non-hydrogen) atoms. The molecule has 2 aromatic rings. The monoisotopic (exact) mass is 392 g/mol. The first-order chi connectivity index (χ1) is 12.0. The Hall–Kier alpha value is -1.83. The van der Waals surface area contributed by atoms with Crippen LogP contribution in [0.4, 0.5) is 5.69 Å². The van der Waals surface area contributed by atoms with Gasteiger partial charge in [-0.1, -0.05) is 6.07 Å². The van der Waals surface area contributed by atoms with Crippen molar-refractivity contribution in [1.29, 1.82) is 0 Å². The van der Waals surface area contributed by atoms with Crippen LogP contribution in [0.5, 0.6) is 0 Å². The molecule has 0 heterocycles. The van der Waals surface area contributed by atoms with Gasteiger partial charge in [-0.3, -0.25) is 4.79 Å². The summed E-state index contributed by atoms with van der Waals surface area (Å²) in [5.41, 5.74) is 5.33. The van der Waals surface area contributed by atoms with Crippen LogP contribution in [0, 0.1) is 27.7 Å². The third kappa shape index (κ3) is 4.66. The van der Waals surface area contributed by atoms with E-state index < -0.39 is 10.0 Å². The highest BCUT2D eigenvalue weighted by Gasteiger charge is 2.19. The highest BCUT2D eigenvalue weighted by molar-refractivity contribution is 8.00. The van der Waals surface area contributed by atoms with Crippen LogP contribution in [-0.2, 0) is 14.8 Å². The van der Waals surface area contributed by atoms with Gasteiger partial charge in [-0.25, -0.2) is 13.6 Å². The summed E-state index contributed by atoms with van der Waals surface area (Å²) in [6.45, 7) is 10.1. The van der Waals surface area contributed by atoms with Gasteiger partial charge in [-0.2, -0.15) is 0 Å². The normalized spacial score (nSPS) is 12.7. The van der Waals surface area contributed by atoms with Gasteiger partial charge in [0, 0.05) is 10.6 Å². The van der Waals surface area contributed by atoms with E-state index in [-0.39, 0.29) is 16.1 Å². The zero-order valence-corrected chi connectivity index (χ0v) is 17.2. The van der Waals surface area contributed by atoms with Gasteiger partial charge in [0.05, 0.1) is 10.1 Å². The van der Waals surface area contributed by atoms with Gasteiger partial charge >= 0.3 is 0 Å². The van der Waals surface area contributed by atoms with Crippen LogP contribution in [0.3, 0.4) is 0 Å². The van der Waals surface area contributed by atoms with Crippen LogP contribution in [0.2, 0.25) is 0 Å². The standard InChI is InChI=1S/C19H24N2O3S2/c1-11-10-12(2)14(4)18(13(11)3)25-15(5)19(22)21-16-6-8-17(9-7-16)26(20,23)24/h6-10,15H,1-5H3,(H,21,22)(H2,20,23,24)/t15-/m0/s1. The molecule has 0 bridgehead atoms. The molecule has 0 aliphatic rings. The second-order valence-electron chi connectivity index (χ2n) is 6.41. The van der Waals surface area contributed by atoms with Crippen molar-refractivity contribution in [1.82, 2.24) is 0 Å². The molecule has 0 aliphatic carbocycles. The smallest absolute Gasteiger partial charge is 0.238 e. The van der Waals surface area contributed by atoms with E-state index in [2.05, 4.69) is 39.1 Å². The Morgan fingerprint density at radius 3 is 2.00 bits per heavy atom. The number of thioether (sulfide) groups is 1. The van der Waals surface area contributed by atoms with Crippen molar-refractivity contribution in [2.45, 2.75) is 49.7 Å². The van der Waals surface area contributed by atoms with Gasteiger partial charge in [0.15, 0.2) is 0 Å². The summed E-state index contributed by atoms with van der Waals surface area (Å²) < 4.78 is 22.6. The second-order valence-corrected chi connectivity index (χ2v) is 9.32. The van der Waals surface area contributed by atoms with E-state index in [1.807, 2.05) is 6.92 Å². The van der Waals surface area contributed by atoms with Crippen molar-refractivity contribution in [3.8, 4) is 0 Å². The Balaban J connectivity index is 2.14. The van der Waals surface area contributed by atoms with E-state index in [1.165, 1.54) is 58.3 Å². The molecular weight excluding hydrogens is 368 g/mol. The summed E-state index contributed by atoms with van der Waals surface area (Å²) in [6, 6.07) is 7.97. The van der Waals surface area contributed by atoms with Crippen molar-refractivity contribution in [2.75, 3.05) is 5.32 Å². The maximum absolute atomic E-state index is 12.5. The average Bonchev–Trinajstić information content (AvgIpc) is 2.56. The SMILES string of the molecule is Cc1cc(C)c(C)c(S[C@@H](C)C(=O)Nc2ccc(S(N)(=O)=O)cc2)c1C. The first kappa shape index (κ1) is 20.5. The fraction of sp³-hybridized carbons (Fsp3) is 0.316. The van der Waals surface area contributed by atoms with Crippen LogP contribution in [-0.4, -0.2) is 19.6 Å². The Kier molecular flexibility index (Phi) is 6.16. The summed E-state index contributed by atoms with van der Waals surface area (Å²) in [4.78, 5) is 13.7. The topological polar surface area (TPSA) is 89.3 Å². The molecule has 7 heteroatoms. The number of carbonyl (C=O) groups excluding carboxylic acids is 1. The molecule has 1 atom stereocenters. The number of nitrogens with one attached hydrogen (secondary N) is 1. The largest absolute Gasteiger partial charge is 0.325 e. The third-order valence-electron chi connectivity index (χ3n) is 4.41. The van der Waals surface area contributed by atoms with Gasteiger partial charge in [-0.15, -0.1) is 11.8 Å². The number of rotatable bonds is 5. The van der Waals surface area contributed by atoms with Crippen LogP contribution in [0.15, 0.2) is 40.1 Å². The predicted molar refractivity (Wildman–Crippen MR) is 107 cm³/mol. The minimum absolute atomic E-state index is 0.0133. The number of anilines is 1. The minimum Gasteiger partial charge on any atom is -0.325 e. The predicted octanol–water partition coefficient (Wildman–Crippen LogP) is 3.69. The molecule has 140 valence electrons. The summed E-state index contributed by atoms with van der Waals surface area (Å²) in [6.07, 6.45) is 0. The lowest BCUT2D eigenvalue weighted by molar-refractivity contribution is -0.115. The molecule has 0 saturated carbocycles. The van der Waals surface area contributed by atoms with Crippen LogP contribution >= 0.6 is 11.8 Å². The molecule has 0 radical (unpaired) electrons. The maximum atomic E-state index is 12.5. The second kappa shape index (κ2) is 7.82. The molecule has 5 nitrogen and oxygen atoms in total. The van der Waals surface area contributed by atoms with E-state index in [1.54, 1.807) is 0 Å². The lowest BCUT2D eigenvalue weighted by atomic mass is 10.0. The number of nitrogens with two attached hydrogens (primary N) is 1. The average molecular weight is 393 g/mol. The molecule has 2 rings (SSSR count). The van der Waals surface area contributed by atoms with Crippen molar-refractivity contribution in [3.63, 3.8) is 0 Å². The summed E-state index contributed by atoms with van der Waals surface area (Å²) in [5, 5.41) is 7.59. The van der Waals surface area contributed by atoms with Crippen molar-refractivity contribution >= 4 is 33.4 Å². The molecular formula is C19H24N2O3S2.